The molecule has 4 heteroatoms. The maximum atomic E-state index is 10.0. The van der Waals surface area contributed by atoms with Gasteiger partial charge in [-0.25, -0.2) is 15.6 Å². The third-order valence-corrected chi connectivity index (χ3v) is 0.392. The van der Waals surface area contributed by atoms with Crippen molar-refractivity contribution in [2.45, 2.75) is 0 Å². The molecule has 0 aliphatic rings. The Labute approximate surface area is 41.8 Å². The second-order valence-electron chi connectivity index (χ2n) is 0.835. The zero-order chi connectivity index (χ0) is 5.70. The summed E-state index contributed by atoms with van der Waals surface area (Å²) in [6.07, 6.45) is 0. The van der Waals surface area contributed by atoms with E-state index in [-0.39, 0.29) is 0 Å². The molecule has 0 fully saturated rings. The molecule has 4 nitrogen and oxygen atoms in total. The predicted octanol–water partition coefficient (Wildman–Crippen LogP) is -0.508. The Kier molecular flexibility index (Phi) is 3.04. The van der Waals surface area contributed by atoms with Gasteiger partial charge >= 0.3 is 6.03 Å². The van der Waals surface area contributed by atoms with E-state index in [2.05, 4.69) is 10.2 Å². The molecular formula is C3H7N2O2. The van der Waals surface area contributed by atoms with Crippen LogP contribution in [0.1, 0.15) is 0 Å². The van der Waals surface area contributed by atoms with Crippen LogP contribution in [0, 0.1) is 0 Å². The summed E-state index contributed by atoms with van der Waals surface area (Å²) < 4.78 is 0. The van der Waals surface area contributed by atoms with E-state index in [1.807, 2.05) is 5.48 Å². The Morgan fingerprint density at radius 3 is 2.57 bits per heavy atom. The highest BCUT2D eigenvalue weighted by Crippen LogP contribution is 1.58. The number of nitrogens with one attached hydrogen (secondary N) is 1. The maximum absolute atomic E-state index is 10.0. The van der Waals surface area contributed by atoms with Crippen molar-refractivity contribution in [2.75, 3.05) is 14.2 Å². The largest absolute Gasteiger partial charge is 0.359 e. The van der Waals surface area contributed by atoms with Crippen molar-refractivity contribution in [1.29, 1.82) is 0 Å². The average Bonchev–Trinajstić information content (AvgIpc) is 1.68. The van der Waals surface area contributed by atoms with Crippen LogP contribution >= 0.6 is 0 Å². The Balaban J connectivity index is 3.00. The van der Waals surface area contributed by atoms with Crippen molar-refractivity contribution < 1.29 is 9.63 Å². The summed E-state index contributed by atoms with van der Waals surface area (Å²) in [6.45, 7) is 0. The van der Waals surface area contributed by atoms with Gasteiger partial charge in [0.15, 0.2) is 0 Å². The Bertz CT molecular complexity index is 64.0. The molecule has 0 aromatic heterocycles. The summed E-state index contributed by atoms with van der Waals surface area (Å²) in [5.74, 6) is 0. The number of hydrogen-bond acceptors (Lipinski definition) is 2. The van der Waals surface area contributed by atoms with Crippen LogP contribution in [0.15, 0.2) is 0 Å². The predicted molar refractivity (Wildman–Crippen MR) is 23.6 cm³/mol. The normalized spacial score (nSPS) is 7.71. The van der Waals surface area contributed by atoms with E-state index < -0.39 is 6.03 Å². The van der Waals surface area contributed by atoms with Gasteiger partial charge in [-0.1, -0.05) is 0 Å². The minimum absolute atomic E-state index is 0.470. The first-order chi connectivity index (χ1) is 3.31. The van der Waals surface area contributed by atoms with Crippen LogP contribution in [0.2, 0.25) is 0 Å². The average molecular weight is 103 g/mol. The van der Waals surface area contributed by atoms with Crippen LogP contribution in [0.25, 0.3) is 0 Å². The molecule has 0 aliphatic carbocycles. The summed E-state index contributed by atoms with van der Waals surface area (Å²) >= 11 is 0. The zero-order valence-electron chi connectivity index (χ0n) is 4.26. The number of urea groups is 1. The molecule has 7 heavy (non-hydrogen) atoms. The molecule has 0 atom stereocenters. The summed E-state index contributed by atoms with van der Waals surface area (Å²) in [7, 11) is 2.73. The molecule has 1 N–H and O–H groups in total. The summed E-state index contributed by atoms with van der Waals surface area (Å²) in [4.78, 5) is 14.2. The van der Waals surface area contributed by atoms with Gasteiger partial charge in [0.05, 0.1) is 7.11 Å². The number of carbonyl (C=O) groups is 1. The van der Waals surface area contributed by atoms with E-state index in [9.17, 15) is 4.79 Å². The topological polar surface area (TPSA) is 52.4 Å². The highest BCUT2D eigenvalue weighted by molar-refractivity contribution is 5.71. The van der Waals surface area contributed by atoms with Gasteiger partial charge in [0.2, 0.25) is 0 Å². The van der Waals surface area contributed by atoms with E-state index in [0.29, 0.717) is 0 Å². The summed E-state index contributed by atoms with van der Waals surface area (Å²) in [6, 6.07) is -0.470. The highest BCUT2D eigenvalue weighted by Gasteiger charge is 1.90. The lowest BCUT2D eigenvalue weighted by Crippen LogP contribution is -2.26. The number of rotatable bonds is 1. The molecule has 0 aromatic carbocycles. The number of amides is 2. The van der Waals surface area contributed by atoms with Gasteiger partial charge in [-0.05, 0) is 0 Å². The lowest BCUT2D eigenvalue weighted by molar-refractivity contribution is 0.108. The zero-order valence-corrected chi connectivity index (χ0v) is 4.26. The highest BCUT2D eigenvalue weighted by atomic mass is 16.6. The minimum Gasteiger partial charge on any atom is -0.275 e. The third kappa shape index (κ3) is 3.05. The molecule has 0 aromatic rings. The Morgan fingerprint density at radius 1 is 1.86 bits per heavy atom. The van der Waals surface area contributed by atoms with Crippen molar-refractivity contribution in [3.05, 3.63) is 0 Å². The molecule has 0 aliphatic heterocycles. The van der Waals surface area contributed by atoms with E-state index in [1.165, 1.54) is 14.2 Å². The lowest BCUT2D eigenvalue weighted by atomic mass is 11.0. The Morgan fingerprint density at radius 2 is 2.43 bits per heavy atom. The van der Waals surface area contributed by atoms with Crippen molar-refractivity contribution in [3.8, 4) is 0 Å². The molecule has 0 saturated heterocycles. The molecule has 0 spiro atoms. The standard InChI is InChI=1S/C3H7N2O2/c1-4-3(6)5-7-2/h1-2H3,(H,5,6). The molecule has 0 saturated carbocycles. The second-order valence-corrected chi connectivity index (χ2v) is 0.835. The van der Waals surface area contributed by atoms with Gasteiger partial charge in [0.25, 0.3) is 0 Å². The fourth-order valence-electron chi connectivity index (χ4n) is 0.133. The van der Waals surface area contributed by atoms with Crippen LogP contribution in [0.5, 0.6) is 0 Å². The van der Waals surface area contributed by atoms with Crippen molar-refractivity contribution in [1.82, 2.24) is 10.8 Å². The SMILES string of the molecule is C[N]C(=O)NOC. The molecule has 0 unspecified atom stereocenters. The van der Waals surface area contributed by atoms with Crippen molar-refractivity contribution in [2.24, 2.45) is 0 Å². The molecule has 0 heterocycles. The fraction of sp³-hybridized carbons (Fsp3) is 0.667. The van der Waals surface area contributed by atoms with E-state index in [1.54, 1.807) is 0 Å². The summed E-state index contributed by atoms with van der Waals surface area (Å²) in [5.41, 5.74) is 1.99. The van der Waals surface area contributed by atoms with Gasteiger partial charge in [0, 0.05) is 7.05 Å². The van der Waals surface area contributed by atoms with Crippen LogP contribution in [-0.2, 0) is 4.84 Å². The molecule has 0 rings (SSSR count). The van der Waals surface area contributed by atoms with E-state index >= 15 is 0 Å². The number of nitrogens with zero attached hydrogens (tertiary/aromatic N) is 1. The maximum Gasteiger partial charge on any atom is 0.359 e. The van der Waals surface area contributed by atoms with Crippen LogP contribution in [0.3, 0.4) is 0 Å². The van der Waals surface area contributed by atoms with Gasteiger partial charge in [-0.3, -0.25) is 4.84 Å². The van der Waals surface area contributed by atoms with Crippen LogP contribution < -0.4 is 10.8 Å². The third-order valence-electron chi connectivity index (χ3n) is 0.392. The molecular weight excluding hydrogens is 96.0 g/mol. The van der Waals surface area contributed by atoms with Crippen LogP contribution in [0.4, 0.5) is 4.79 Å². The first-order valence-electron chi connectivity index (χ1n) is 1.74. The van der Waals surface area contributed by atoms with Crippen LogP contribution in [-0.4, -0.2) is 20.2 Å². The fourth-order valence-corrected chi connectivity index (χ4v) is 0.133. The smallest absolute Gasteiger partial charge is 0.275 e. The number of hydrogen-bond donors (Lipinski definition) is 1. The molecule has 41 valence electrons. The molecule has 1 radical (unpaired) electrons. The second kappa shape index (κ2) is 3.42. The summed E-state index contributed by atoms with van der Waals surface area (Å²) in [5, 5.41) is 3.20. The van der Waals surface area contributed by atoms with Gasteiger partial charge in [0.1, 0.15) is 0 Å². The van der Waals surface area contributed by atoms with E-state index in [0.717, 1.165) is 0 Å². The van der Waals surface area contributed by atoms with Gasteiger partial charge < -0.3 is 0 Å². The van der Waals surface area contributed by atoms with Gasteiger partial charge in [-0.15, -0.1) is 0 Å². The van der Waals surface area contributed by atoms with Gasteiger partial charge in [-0.2, -0.15) is 0 Å². The minimum atomic E-state index is -0.470. The van der Waals surface area contributed by atoms with Crippen molar-refractivity contribution >= 4 is 6.03 Å². The quantitative estimate of drug-likeness (QED) is 0.454. The Hall–Kier alpha value is -0.770. The lowest BCUT2D eigenvalue weighted by Gasteiger charge is -1.94. The monoisotopic (exact) mass is 103 g/mol. The first-order valence-corrected chi connectivity index (χ1v) is 1.74. The molecule has 0 bridgehead atoms. The molecule has 2 amide bonds. The first kappa shape index (κ1) is 6.23. The number of hydroxylamine groups is 1. The van der Waals surface area contributed by atoms with Crippen molar-refractivity contribution in [3.63, 3.8) is 0 Å². The number of carbonyl (C=O) groups excluding carboxylic acids is 1. The van der Waals surface area contributed by atoms with E-state index in [4.69, 9.17) is 0 Å².